The quantitative estimate of drug-likeness (QED) is 0.556. The summed E-state index contributed by atoms with van der Waals surface area (Å²) < 4.78 is 5.15. The second-order valence-corrected chi connectivity index (χ2v) is 5.11. The number of aromatic amines is 1. The van der Waals surface area contributed by atoms with E-state index in [1.165, 1.54) is 0 Å². The summed E-state index contributed by atoms with van der Waals surface area (Å²) in [6, 6.07) is 8.59. The summed E-state index contributed by atoms with van der Waals surface area (Å²) in [5.41, 5.74) is -0.141. The molecule has 0 aliphatic heterocycles. The molecule has 1 amide bonds. The Hall–Kier alpha value is -3.09. The standard InChI is InChI=1S/C17H18N2O5/c1-2-3-8-24-17(23)12-6-4-5-7-13(12)18-16(22)11-9-14(20)19-15(21)10-11/h4-7,9-10H,2-3,8H2,1H3,(H,18,22)(H2,19,20,21). The molecular formula is C17H18N2O5. The third-order valence-corrected chi connectivity index (χ3v) is 3.22. The third-order valence-electron chi connectivity index (χ3n) is 3.22. The number of ether oxygens (including phenoxy) is 1. The first-order valence-corrected chi connectivity index (χ1v) is 7.52. The molecule has 2 aromatic rings. The van der Waals surface area contributed by atoms with E-state index in [-0.39, 0.29) is 16.8 Å². The maximum atomic E-state index is 12.2. The summed E-state index contributed by atoms with van der Waals surface area (Å²) >= 11 is 0. The number of unbranched alkanes of at least 4 members (excludes halogenated alkanes) is 1. The summed E-state index contributed by atoms with van der Waals surface area (Å²) in [5, 5.41) is 11.9. The largest absolute Gasteiger partial charge is 0.494 e. The van der Waals surface area contributed by atoms with Gasteiger partial charge in [0.2, 0.25) is 0 Å². The maximum absolute atomic E-state index is 12.2. The number of nitrogens with one attached hydrogen (secondary N) is 2. The number of aromatic hydroxyl groups is 1. The molecule has 7 heteroatoms. The van der Waals surface area contributed by atoms with Crippen LogP contribution in [0.2, 0.25) is 0 Å². The van der Waals surface area contributed by atoms with Crippen molar-refractivity contribution in [2.24, 2.45) is 0 Å². The highest BCUT2D eigenvalue weighted by atomic mass is 16.5. The van der Waals surface area contributed by atoms with Crippen molar-refractivity contribution in [1.29, 1.82) is 0 Å². The van der Waals surface area contributed by atoms with Gasteiger partial charge >= 0.3 is 5.97 Å². The molecule has 0 saturated carbocycles. The molecule has 2 rings (SSSR count). The number of hydrogen-bond acceptors (Lipinski definition) is 5. The number of amides is 1. The lowest BCUT2D eigenvalue weighted by atomic mass is 10.1. The Kier molecular flexibility index (Phi) is 5.73. The minimum atomic E-state index is -0.620. The minimum absolute atomic E-state index is 0.0228. The van der Waals surface area contributed by atoms with Gasteiger partial charge in [0.25, 0.3) is 11.5 Å². The highest BCUT2D eigenvalue weighted by Crippen LogP contribution is 2.18. The minimum Gasteiger partial charge on any atom is -0.494 e. The van der Waals surface area contributed by atoms with E-state index in [1.54, 1.807) is 24.3 Å². The first-order valence-electron chi connectivity index (χ1n) is 7.52. The third kappa shape index (κ3) is 4.45. The first-order chi connectivity index (χ1) is 11.5. The Morgan fingerprint density at radius 3 is 2.71 bits per heavy atom. The van der Waals surface area contributed by atoms with Crippen molar-refractivity contribution in [2.45, 2.75) is 19.8 Å². The van der Waals surface area contributed by atoms with Crippen LogP contribution in [0.4, 0.5) is 5.69 Å². The van der Waals surface area contributed by atoms with Gasteiger partial charge in [-0.3, -0.25) is 14.6 Å². The number of rotatable bonds is 6. The monoisotopic (exact) mass is 330 g/mol. The van der Waals surface area contributed by atoms with Crippen LogP contribution in [0.15, 0.2) is 41.2 Å². The van der Waals surface area contributed by atoms with Crippen molar-refractivity contribution in [3.8, 4) is 5.88 Å². The number of pyridine rings is 1. The predicted molar refractivity (Wildman–Crippen MR) is 88.3 cm³/mol. The molecule has 24 heavy (non-hydrogen) atoms. The lowest BCUT2D eigenvalue weighted by molar-refractivity contribution is 0.0501. The van der Waals surface area contributed by atoms with Crippen LogP contribution in [-0.4, -0.2) is 28.6 Å². The summed E-state index contributed by atoms with van der Waals surface area (Å²) in [4.78, 5) is 37.8. The van der Waals surface area contributed by atoms with Crippen molar-refractivity contribution in [3.63, 3.8) is 0 Å². The lowest BCUT2D eigenvalue weighted by Gasteiger charge is -2.11. The fourth-order valence-electron chi connectivity index (χ4n) is 2.01. The molecule has 0 bridgehead atoms. The Morgan fingerprint density at radius 2 is 2.00 bits per heavy atom. The van der Waals surface area contributed by atoms with Crippen LogP contribution in [0.5, 0.6) is 5.88 Å². The van der Waals surface area contributed by atoms with Gasteiger partial charge in [-0.1, -0.05) is 25.5 Å². The van der Waals surface area contributed by atoms with Crippen molar-refractivity contribution >= 4 is 17.6 Å². The van der Waals surface area contributed by atoms with E-state index >= 15 is 0 Å². The Labute approximate surface area is 138 Å². The Balaban J connectivity index is 2.19. The normalized spacial score (nSPS) is 10.2. The fourth-order valence-corrected chi connectivity index (χ4v) is 2.01. The number of esters is 1. The number of carbonyl (C=O) groups is 2. The SMILES string of the molecule is CCCCOC(=O)c1ccccc1NC(=O)c1cc(O)[nH]c(=O)c1. The number of para-hydroxylation sites is 1. The Bertz CT molecular complexity index is 798. The Morgan fingerprint density at radius 1 is 1.25 bits per heavy atom. The van der Waals surface area contributed by atoms with Crippen LogP contribution in [0.3, 0.4) is 0 Å². The molecule has 7 nitrogen and oxygen atoms in total. The molecule has 0 fully saturated rings. The van der Waals surface area contributed by atoms with E-state index in [1.807, 2.05) is 6.92 Å². The zero-order chi connectivity index (χ0) is 17.5. The molecule has 1 heterocycles. The maximum Gasteiger partial charge on any atom is 0.340 e. The van der Waals surface area contributed by atoms with Crippen molar-refractivity contribution in [1.82, 2.24) is 4.98 Å². The summed E-state index contributed by atoms with van der Waals surface area (Å²) in [6.07, 6.45) is 1.66. The van der Waals surface area contributed by atoms with Gasteiger partial charge in [-0.05, 0) is 18.6 Å². The number of aromatic nitrogens is 1. The zero-order valence-electron chi connectivity index (χ0n) is 13.2. The summed E-state index contributed by atoms with van der Waals surface area (Å²) in [7, 11) is 0. The first kappa shape index (κ1) is 17.3. The van der Waals surface area contributed by atoms with Crippen LogP contribution in [0.25, 0.3) is 0 Å². The van der Waals surface area contributed by atoms with Crippen LogP contribution < -0.4 is 10.9 Å². The van der Waals surface area contributed by atoms with Gasteiger partial charge in [-0.15, -0.1) is 0 Å². The molecular weight excluding hydrogens is 312 g/mol. The average Bonchev–Trinajstić information content (AvgIpc) is 2.54. The molecule has 1 aromatic heterocycles. The van der Waals surface area contributed by atoms with E-state index in [9.17, 15) is 19.5 Å². The van der Waals surface area contributed by atoms with E-state index in [2.05, 4.69) is 10.3 Å². The second kappa shape index (κ2) is 7.96. The van der Waals surface area contributed by atoms with Gasteiger partial charge in [0.15, 0.2) is 5.88 Å². The molecule has 0 aliphatic rings. The van der Waals surface area contributed by atoms with Crippen LogP contribution in [-0.2, 0) is 4.74 Å². The van der Waals surface area contributed by atoms with Gasteiger partial charge in [-0.2, -0.15) is 0 Å². The summed E-state index contributed by atoms with van der Waals surface area (Å²) in [5.74, 6) is -1.57. The summed E-state index contributed by atoms with van der Waals surface area (Å²) in [6.45, 7) is 2.29. The molecule has 1 aromatic carbocycles. The number of anilines is 1. The fraction of sp³-hybridized carbons (Fsp3) is 0.235. The van der Waals surface area contributed by atoms with E-state index < -0.39 is 23.3 Å². The topological polar surface area (TPSA) is 108 Å². The van der Waals surface area contributed by atoms with Crippen molar-refractivity contribution in [2.75, 3.05) is 11.9 Å². The van der Waals surface area contributed by atoms with Crippen LogP contribution in [0, 0.1) is 0 Å². The van der Waals surface area contributed by atoms with E-state index in [4.69, 9.17) is 4.74 Å². The molecule has 0 aliphatic carbocycles. The van der Waals surface area contributed by atoms with Gasteiger partial charge in [-0.25, -0.2) is 4.79 Å². The van der Waals surface area contributed by atoms with Crippen LogP contribution in [0.1, 0.15) is 40.5 Å². The molecule has 3 N–H and O–H groups in total. The molecule has 0 radical (unpaired) electrons. The number of carbonyl (C=O) groups excluding carboxylic acids is 2. The number of hydrogen-bond donors (Lipinski definition) is 3. The molecule has 0 atom stereocenters. The zero-order valence-corrected chi connectivity index (χ0v) is 13.2. The molecule has 0 saturated heterocycles. The van der Waals surface area contributed by atoms with Gasteiger partial charge in [0.05, 0.1) is 23.4 Å². The number of benzene rings is 1. The highest BCUT2D eigenvalue weighted by Gasteiger charge is 2.15. The van der Waals surface area contributed by atoms with Crippen molar-refractivity contribution in [3.05, 3.63) is 57.9 Å². The molecule has 0 spiro atoms. The smallest absolute Gasteiger partial charge is 0.340 e. The van der Waals surface area contributed by atoms with Gasteiger partial charge in [0, 0.05) is 12.1 Å². The predicted octanol–water partition coefficient (Wildman–Crippen LogP) is 2.29. The average molecular weight is 330 g/mol. The number of H-pyrrole nitrogens is 1. The lowest BCUT2D eigenvalue weighted by Crippen LogP contribution is -2.18. The molecule has 126 valence electrons. The van der Waals surface area contributed by atoms with E-state index in [0.717, 1.165) is 25.0 Å². The van der Waals surface area contributed by atoms with Crippen molar-refractivity contribution < 1.29 is 19.4 Å². The highest BCUT2D eigenvalue weighted by molar-refractivity contribution is 6.08. The molecule has 0 unspecified atom stereocenters. The van der Waals surface area contributed by atoms with E-state index in [0.29, 0.717) is 6.61 Å². The van der Waals surface area contributed by atoms with Gasteiger partial charge in [0.1, 0.15) is 0 Å². The van der Waals surface area contributed by atoms with Gasteiger partial charge < -0.3 is 15.2 Å². The second-order valence-electron chi connectivity index (χ2n) is 5.11. The van der Waals surface area contributed by atoms with Crippen LogP contribution >= 0.6 is 0 Å².